The first-order valence-corrected chi connectivity index (χ1v) is 5.03. The van der Waals surface area contributed by atoms with Gasteiger partial charge in [-0.15, -0.1) is 0 Å². The number of hydrogen-bond donors (Lipinski definition) is 3. The number of primary amides is 1. The number of nitrogens with one attached hydrogen (secondary N) is 1. The van der Waals surface area contributed by atoms with Crippen molar-refractivity contribution >= 4 is 17.8 Å². The summed E-state index contributed by atoms with van der Waals surface area (Å²) < 4.78 is 4.90. The molecule has 7 heteroatoms. The van der Waals surface area contributed by atoms with Crippen molar-refractivity contribution in [3.63, 3.8) is 0 Å². The van der Waals surface area contributed by atoms with Crippen LogP contribution in [0.15, 0.2) is 11.5 Å². The van der Waals surface area contributed by atoms with E-state index in [-0.39, 0.29) is 30.9 Å². The molecule has 0 saturated carbocycles. The van der Waals surface area contributed by atoms with Crippen LogP contribution < -0.4 is 11.1 Å². The first-order valence-electron chi connectivity index (χ1n) is 5.03. The number of Topliss-reactive ketones (excluding diaryl/α,β-unsaturated/α-hetero) is 1. The van der Waals surface area contributed by atoms with Gasteiger partial charge in [0.15, 0.2) is 0 Å². The molecule has 0 spiro atoms. The van der Waals surface area contributed by atoms with Crippen molar-refractivity contribution in [2.24, 2.45) is 5.73 Å². The van der Waals surface area contributed by atoms with Gasteiger partial charge in [0.2, 0.25) is 5.76 Å². The van der Waals surface area contributed by atoms with Crippen LogP contribution in [0.4, 0.5) is 4.79 Å². The summed E-state index contributed by atoms with van der Waals surface area (Å²) in [4.78, 5) is 32.5. The largest absolute Gasteiger partial charge is 0.486 e. The number of amides is 2. The van der Waals surface area contributed by atoms with Crippen LogP contribution in [-0.2, 0) is 14.3 Å². The van der Waals surface area contributed by atoms with Crippen molar-refractivity contribution in [1.29, 1.82) is 0 Å². The lowest BCUT2D eigenvalue weighted by Gasteiger charge is -2.12. The van der Waals surface area contributed by atoms with E-state index in [2.05, 4.69) is 5.32 Å². The molecule has 0 aliphatic carbocycles. The molecule has 0 fully saturated rings. The molecule has 4 N–H and O–H groups in total. The molecular weight excluding hydrogens is 228 g/mol. The third-order valence-corrected chi connectivity index (χ3v) is 1.76. The molecule has 0 unspecified atom stereocenters. The highest BCUT2D eigenvalue weighted by Crippen LogP contribution is 2.11. The molecule has 7 nitrogen and oxygen atoms in total. The summed E-state index contributed by atoms with van der Waals surface area (Å²) in [6, 6.07) is -0.901. The average Bonchev–Trinajstić information content (AvgIpc) is 2.20. The smallest absolute Gasteiger partial charge is 0.373 e. The normalized spacial score (nSPS) is 11.4. The maximum absolute atomic E-state index is 10.9. The molecule has 0 atom stereocenters. The second-order valence-corrected chi connectivity index (χ2v) is 3.24. The van der Waals surface area contributed by atoms with Crippen molar-refractivity contribution in [3.8, 4) is 0 Å². The van der Waals surface area contributed by atoms with Crippen LogP contribution in [-0.4, -0.2) is 29.5 Å². The number of ether oxygens (including phenoxy) is 1. The second kappa shape index (κ2) is 7.26. The van der Waals surface area contributed by atoms with Gasteiger partial charge in [0.25, 0.3) is 0 Å². The fourth-order valence-electron chi connectivity index (χ4n) is 1.10. The number of carbonyl (C=O) groups excluding carboxylic acids is 2. The van der Waals surface area contributed by atoms with Gasteiger partial charge in [-0.25, -0.2) is 9.59 Å². The predicted octanol–water partition coefficient (Wildman–Crippen LogP) is 0.357. The SMILES string of the molecule is CCOC(C(=O)O)=C(CCC(C)=O)NC(N)=O. The fourth-order valence-corrected chi connectivity index (χ4v) is 1.10. The van der Waals surface area contributed by atoms with E-state index in [1.807, 2.05) is 0 Å². The molecule has 0 aliphatic rings. The zero-order valence-electron chi connectivity index (χ0n) is 9.78. The molecule has 0 aromatic carbocycles. The number of carbonyl (C=O) groups is 3. The van der Waals surface area contributed by atoms with Crippen molar-refractivity contribution in [2.75, 3.05) is 6.61 Å². The van der Waals surface area contributed by atoms with Gasteiger partial charge in [0.05, 0.1) is 12.3 Å². The molecular formula is C10H16N2O5. The van der Waals surface area contributed by atoms with Gasteiger partial charge in [0.1, 0.15) is 5.78 Å². The van der Waals surface area contributed by atoms with Crippen molar-refractivity contribution < 1.29 is 24.2 Å². The summed E-state index contributed by atoms with van der Waals surface area (Å²) in [5.41, 5.74) is 4.92. The monoisotopic (exact) mass is 244 g/mol. The molecule has 96 valence electrons. The van der Waals surface area contributed by atoms with E-state index in [4.69, 9.17) is 15.6 Å². The van der Waals surface area contributed by atoms with Gasteiger partial charge in [-0.2, -0.15) is 0 Å². The Kier molecular flexibility index (Phi) is 6.39. The average molecular weight is 244 g/mol. The van der Waals surface area contributed by atoms with E-state index in [1.54, 1.807) is 6.92 Å². The van der Waals surface area contributed by atoms with E-state index in [9.17, 15) is 14.4 Å². The van der Waals surface area contributed by atoms with Gasteiger partial charge in [-0.3, -0.25) is 0 Å². The lowest BCUT2D eigenvalue weighted by molar-refractivity contribution is -0.136. The van der Waals surface area contributed by atoms with Gasteiger partial charge in [-0.05, 0) is 20.3 Å². The molecule has 0 radical (unpaired) electrons. The Labute approximate surface area is 98.6 Å². The Morgan fingerprint density at radius 1 is 1.29 bits per heavy atom. The van der Waals surface area contributed by atoms with Crippen LogP contribution in [0.1, 0.15) is 26.7 Å². The third kappa shape index (κ3) is 6.18. The summed E-state index contributed by atoms with van der Waals surface area (Å²) >= 11 is 0. The maximum atomic E-state index is 10.9. The maximum Gasteiger partial charge on any atom is 0.373 e. The molecule has 2 amide bonds. The number of rotatable bonds is 7. The molecule has 17 heavy (non-hydrogen) atoms. The number of nitrogens with two attached hydrogens (primary N) is 1. The Morgan fingerprint density at radius 2 is 1.88 bits per heavy atom. The third-order valence-electron chi connectivity index (χ3n) is 1.76. The highest BCUT2D eigenvalue weighted by atomic mass is 16.5. The van der Waals surface area contributed by atoms with E-state index in [0.717, 1.165) is 0 Å². The zero-order valence-corrected chi connectivity index (χ0v) is 9.78. The van der Waals surface area contributed by atoms with Crippen LogP contribution in [0.25, 0.3) is 0 Å². The minimum Gasteiger partial charge on any atom is -0.486 e. The minimum atomic E-state index is -1.32. The number of carboxylic acid groups (broad SMARTS) is 1. The number of hydrogen-bond acceptors (Lipinski definition) is 4. The molecule has 0 aromatic rings. The Balaban J connectivity index is 5.04. The van der Waals surface area contributed by atoms with E-state index >= 15 is 0 Å². The minimum absolute atomic E-state index is 0.00190. The van der Waals surface area contributed by atoms with Crippen molar-refractivity contribution in [2.45, 2.75) is 26.7 Å². The predicted molar refractivity (Wildman–Crippen MR) is 58.9 cm³/mol. The van der Waals surface area contributed by atoms with Gasteiger partial charge >= 0.3 is 12.0 Å². The number of carboxylic acids is 1. The Bertz CT molecular complexity index is 349. The lowest BCUT2D eigenvalue weighted by Crippen LogP contribution is -2.31. The zero-order chi connectivity index (χ0) is 13.4. The first kappa shape index (κ1) is 14.9. The summed E-state index contributed by atoms with van der Waals surface area (Å²) in [7, 11) is 0. The van der Waals surface area contributed by atoms with Crippen molar-refractivity contribution in [3.05, 3.63) is 11.5 Å². The number of urea groups is 1. The van der Waals surface area contributed by atoms with Gasteiger partial charge in [0, 0.05) is 6.42 Å². The summed E-state index contributed by atoms with van der Waals surface area (Å²) in [6.45, 7) is 3.10. The summed E-state index contributed by atoms with van der Waals surface area (Å²) in [5.74, 6) is -1.85. The first-order chi connectivity index (χ1) is 7.88. The standard InChI is InChI=1S/C10H16N2O5/c1-3-17-8(9(14)15)7(12-10(11)16)5-4-6(2)13/h3-5H2,1-2H3,(H,14,15)(H3,11,12,16). The number of allylic oxidation sites excluding steroid dienone is 1. The number of aliphatic carboxylic acids is 1. The highest BCUT2D eigenvalue weighted by Gasteiger charge is 2.17. The molecule has 0 aromatic heterocycles. The second-order valence-electron chi connectivity index (χ2n) is 3.24. The topological polar surface area (TPSA) is 119 Å². The van der Waals surface area contributed by atoms with Crippen LogP contribution in [0, 0.1) is 0 Å². The van der Waals surface area contributed by atoms with Crippen LogP contribution in [0.2, 0.25) is 0 Å². The molecule has 0 rings (SSSR count). The van der Waals surface area contributed by atoms with Gasteiger partial charge in [-0.1, -0.05) is 0 Å². The number of ketones is 1. The Morgan fingerprint density at radius 3 is 2.24 bits per heavy atom. The molecule has 0 bridgehead atoms. The van der Waals surface area contributed by atoms with Crippen LogP contribution in [0.5, 0.6) is 0 Å². The fraction of sp³-hybridized carbons (Fsp3) is 0.500. The molecule has 0 aliphatic heterocycles. The lowest BCUT2D eigenvalue weighted by atomic mass is 10.1. The van der Waals surface area contributed by atoms with Crippen molar-refractivity contribution in [1.82, 2.24) is 5.32 Å². The molecule has 0 heterocycles. The summed E-state index contributed by atoms with van der Waals surface area (Å²) in [5, 5.41) is 11.1. The summed E-state index contributed by atoms with van der Waals surface area (Å²) in [6.07, 6.45) is 0.152. The quantitative estimate of drug-likeness (QED) is 0.441. The Hall–Kier alpha value is -2.05. The van der Waals surface area contributed by atoms with Crippen LogP contribution >= 0.6 is 0 Å². The molecule has 0 saturated heterocycles. The van der Waals surface area contributed by atoms with Gasteiger partial charge < -0.3 is 25.7 Å². The highest BCUT2D eigenvalue weighted by molar-refractivity contribution is 5.87. The van der Waals surface area contributed by atoms with Crippen LogP contribution in [0.3, 0.4) is 0 Å². The van der Waals surface area contributed by atoms with E-state index in [1.165, 1.54) is 6.92 Å². The van der Waals surface area contributed by atoms with E-state index < -0.39 is 17.8 Å². The van der Waals surface area contributed by atoms with E-state index in [0.29, 0.717) is 0 Å².